The number of fused-ring (bicyclic) bond motifs is 3. The maximum absolute atomic E-state index is 6.39. The number of hydrogen-bond acceptors (Lipinski definition) is 1. The Hall–Kier alpha value is -1.76. The van der Waals surface area contributed by atoms with Crippen molar-refractivity contribution in [2.75, 3.05) is 0 Å². The van der Waals surface area contributed by atoms with E-state index in [1.807, 2.05) is 12.1 Å². The van der Waals surface area contributed by atoms with Crippen LogP contribution in [-0.4, -0.2) is 0 Å². The highest BCUT2D eigenvalue weighted by molar-refractivity contribution is 5.77. The molecule has 1 saturated carbocycles. The van der Waals surface area contributed by atoms with Crippen molar-refractivity contribution in [2.24, 2.45) is 0 Å². The molecule has 2 aromatic rings. The SMILES string of the molecule is CC1([C]2[CH][CH][CH][CH]2)Oc2ccccc2-c2ccccc21. The summed E-state index contributed by atoms with van der Waals surface area (Å²) < 4.78 is 6.39. The van der Waals surface area contributed by atoms with Crippen molar-refractivity contribution in [3.05, 3.63) is 85.7 Å². The van der Waals surface area contributed by atoms with Crippen molar-refractivity contribution < 1.29 is 4.74 Å². The summed E-state index contributed by atoms with van der Waals surface area (Å²) in [6.45, 7) is 2.15. The van der Waals surface area contributed by atoms with Crippen LogP contribution in [0.3, 0.4) is 0 Å². The molecule has 97 valence electrons. The summed E-state index contributed by atoms with van der Waals surface area (Å²) >= 11 is 0. The predicted octanol–water partition coefficient (Wildman–Crippen LogP) is 4.37. The molecule has 1 aliphatic heterocycles. The van der Waals surface area contributed by atoms with Crippen molar-refractivity contribution in [3.63, 3.8) is 0 Å². The van der Waals surface area contributed by atoms with Crippen LogP contribution in [0.15, 0.2) is 48.5 Å². The monoisotopic (exact) mass is 259 g/mol. The Kier molecular flexibility index (Phi) is 2.63. The first-order valence-electron chi connectivity index (χ1n) is 6.89. The topological polar surface area (TPSA) is 9.23 Å². The Labute approximate surface area is 120 Å². The molecule has 1 unspecified atom stereocenters. The lowest BCUT2D eigenvalue weighted by atomic mass is 9.76. The Morgan fingerprint density at radius 2 is 1.45 bits per heavy atom. The van der Waals surface area contributed by atoms with E-state index >= 15 is 0 Å². The highest BCUT2D eigenvalue weighted by atomic mass is 16.5. The zero-order valence-electron chi connectivity index (χ0n) is 11.3. The van der Waals surface area contributed by atoms with Gasteiger partial charge in [-0.05, 0) is 44.2 Å². The van der Waals surface area contributed by atoms with Crippen molar-refractivity contribution in [1.82, 2.24) is 0 Å². The predicted molar refractivity (Wildman–Crippen MR) is 80.3 cm³/mol. The molecule has 1 atom stereocenters. The van der Waals surface area contributed by atoms with Gasteiger partial charge in [-0.15, -0.1) is 0 Å². The van der Waals surface area contributed by atoms with E-state index < -0.39 is 5.60 Å². The standard InChI is InChI=1S/C19H15O/c1-19(14-8-2-3-9-14)17-12-6-4-10-15(17)16-11-5-7-13-18(16)20-19/h2-13H,1H3. The lowest BCUT2D eigenvalue weighted by molar-refractivity contribution is 0.108. The minimum absolute atomic E-state index is 0.422. The maximum Gasteiger partial charge on any atom is 0.139 e. The van der Waals surface area contributed by atoms with E-state index in [1.54, 1.807) is 0 Å². The fourth-order valence-electron chi connectivity index (χ4n) is 3.09. The first-order chi connectivity index (χ1) is 9.79. The van der Waals surface area contributed by atoms with Gasteiger partial charge in [-0.1, -0.05) is 42.5 Å². The summed E-state index contributed by atoms with van der Waals surface area (Å²) in [6.07, 6.45) is 8.38. The van der Waals surface area contributed by atoms with Crippen LogP contribution in [0.5, 0.6) is 5.75 Å². The van der Waals surface area contributed by atoms with Gasteiger partial charge in [0.2, 0.25) is 0 Å². The number of para-hydroxylation sites is 1. The lowest BCUT2D eigenvalue weighted by Gasteiger charge is -2.41. The Bertz CT molecular complexity index is 640. The lowest BCUT2D eigenvalue weighted by Crippen LogP contribution is -2.38. The molecule has 2 aromatic carbocycles. The van der Waals surface area contributed by atoms with Gasteiger partial charge in [0, 0.05) is 17.0 Å². The second kappa shape index (κ2) is 4.37. The van der Waals surface area contributed by atoms with Crippen LogP contribution in [0.4, 0.5) is 0 Å². The van der Waals surface area contributed by atoms with Gasteiger partial charge in [-0.25, -0.2) is 0 Å². The summed E-state index contributed by atoms with van der Waals surface area (Å²) in [5.74, 6) is 2.15. The van der Waals surface area contributed by atoms with Gasteiger partial charge in [0.25, 0.3) is 0 Å². The third-order valence-electron chi connectivity index (χ3n) is 4.15. The van der Waals surface area contributed by atoms with E-state index in [0.717, 1.165) is 5.75 Å². The molecule has 0 bridgehead atoms. The highest BCUT2D eigenvalue weighted by Crippen LogP contribution is 2.51. The van der Waals surface area contributed by atoms with Gasteiger partial charge in [0.1, 0.15) is 11.4 Å². The largest absolute Gasteiger partial charge is 0.482 e. The van der Waals surface area contributed by atoms with E-state index in [1.165, 1.54) is 22.6 Å². The summed E-state index contributed by atoms with van der Waals surface area (Å²) in [5.41, 5.74) is 3.24. The molecular formula is C19H15O. The van der Waals surface area contributed by atoms with Crippen LogP contribution < -0.4 is 4.74 Å². The highest BCUT2D eigenvalue weighted by Gasteiger charge is 2.44. The Morgan fingerprint density at radius 1 is 0.800 bits per heavy atom. The Balaban J connectivity index is 1.92. The zero-order valence-corrected chi connectivity index (χ0v) is 11.3. The molecule has 0 aromatic heterocycles. The number of hydrogen-bond donors (Lipinski definition) is 0. The van der Waals surface area contributed by atoms with Crippen molar-refractivity contribution >= 4 is 0 Å². The van der Waals surface area contributed by atoms with Crippen LogP contribution >= 0.6 is 0 Å². The summed E-state index contributed by atoms with van der Waals surface area (Å²) in [7, 11) is 0. The molecule has 0 saturated heterocycles. The number of rotatable bonds is 1. The van der Waals surface area contributed by atoms with E-state index in [4.69, 9.17) is 4.74 Å². The van der Waals surface area contributed by atoms with Gasteiger partial charge >= 0.3 is 0 Å². The quantitative estimate of drug-likeness (QED) is 0.739. The first-order valence-corrected chi connectivity index (χ1v) is 6.89. The third kappa shape index (κ3) is 1.62. The van der Waals surface area contributed by atoms with Gasteiger partial charge in [-0.3, -0.25) is 0 Å². The van der Waals surface area contributed by atoms with Crippen molar-refractivity contribution in [3.8, 4) is 16.9 Å². The van der Waals surface area contributed by atoms with Gasteiger partial charge in [0.05, 0.1) is 0 Å². The van der Waals surface area contributed by atoms with Crippen molar-refractivity contribution in [1.29, 1.82) is 0 Å². The minimum Gasteiger partial charge on any atom is -0.482 e. The Morgan fingerprint density at radius 3 is 2.25 bits per heavy atom. The fraction of sp³-hybridized carbons (Fsp3) is 0.105. The zero-order chi connectivity index (χ0) is 13.6. The molecule has 1 fully saturated rings. The van der Waals surface area contributed by atoms with Crippen LogP contribution in [-0.2, 0) is 5.60 Å². The van der Waals surface area contributed by atoms with E-state index in [2.05, 4.69) is 69.0 Å². The molecule has 1 heteroatoms. The van der Waals surface area contributed by atoms with E-state index in [9.17, 15) is 0 Å². The van der Waals surface area contributed by atoms with Gasteiger partial charge in [0.15, 0.2) is 0 Å². The smallest absolute Gasteiger partial charge is 0.139 e. The molecular weight excluding hydrogens is 244 g/mol. The molecule has 5 radical (unpaired) electrons. The number of ether oxygens (including phenoxy) is 1. The molecule has 0 spiro atoms. The van der Waals surface area contributed by atoms with Crippen LogP contribution in [0.1, 0.15) is 12.5 Å². The second-order valence-electron chi connectivity index (χ2n) is 5.35. The molecule has 1 aliphatic carbocycles. The van der Waals surface area contributed by atoms with Crippen LogP contribution in [0.25, 0.3) is 11.1 Å². The minimum atomic E-state index is -0.422. The fourth-order valence-corrected chi connectivity index (χ4v) is 3.09. The van der Waals surface area contributed by atoms with Gasteiger partial charge < -0.3 is 4.74 Å². The van der Waals surface area contributed by atoms with Crippen LogP contribution in [0, 0.1) is 31.6 Å². The molecule has 1 nitrogen and oxygen atoms in total. The molecule has 1 heterocycles. The molecule has 4 rings (SSSR count). The number of benzene rings is 2. The summed E-state index contributed by atoms with van der Waals surface area (Å²) in [5, 5.41) is 0. The molecule has 20 heavy (non-hydrogen) atoms. The normalized spacial score (nSPS) is 24.9. The summed E-state index contributed by atoms with van der Waals surface area (Å²) in [6, 6.07) is 16.8. The molecule has 0 amide bonds. The van der Waals surface area contributed by atoms with Crippen LogP contribution in [0.2, 0.25) is 0 Å². The van der Waals surface area contributed by atoms with Crippen molar-refractivity contribution in [2.45, 2.75) is 12.5 Å². The third-order valence-corrected chi connectivity index (χ3v) is 4.15. The second-order valence-corrected chi connectivity index (χ2v) is 5.35. The molecule has 0 N–H and O–H groups in total. The first kappa shape index (κ1) is 12.0. The van der Waals surface area contributed by atoms with E-state index in [-0.39, 0.29) is 0 Å². The average molecular weight is 259 g/mol. The average Bonchev–Trinajstić information content (AvgIpc) is 3.03. The van der Waals surface area contributed by atoms with Gasteiger partial charge in [-0.2, -0.15) is 0 Å². The summed E-state index contributed by atoms with van der Waals surface area (Å²) in [4.78, 5) is 0. The molecule has 2 aliphatic rings. The van der Waals surface area contributed by atoms with E-state index in [0.29, 0.717) is 0 Å². The maximum atomic E-state index is 6.39.